The summed E-state index contributed by atoms with van der Waals surface area (Å²) < 4.78 is 1.85. The molecule has 142 valence electrons. The molecule has 0 saturated carbocycles. The summed E-state index contributed by atoms with van der Waals surface area (Å²) in [5, 5.41) is 8.76. The molecule has 0 spiro atoms. The van der Waals surface area contributed by atoms with Crippen molar-refractivity contribution in [1.82, 2.24) is 14.6 Å². The lowest BCUT2D eigenvalue weighted by Gasteiger charge is -2.20. The first-order chi connectivity index (χ1) is 13.3. The van der Waals surface area contributed by atoms with Gasteiger partial charge >= 0.3 is 0 Å². The highest BCUT2D eigenvalue weighted by atomic mass is 35.5. The molecule has 0 atom stereocenters. The number of benzene rings is 2. The van der Waals surface area contributed by atoms with Crippen LogP contribution in [0.15, 0.2) is 60.8 Å². The van der Waals surface area contributed by atoms with E-state index in [9.17, 15) is 0 Å². The van der Waals surface area contributed by atoms with Crippen LogP contribution >= 0.6 is 11.6 Å². The number of hydrogen-bond donors (Lipinski definition) is 1. The third-order valence-corrected chi connectivity index (χ3v) is 4.93. The van der Waals surface area contributed by atoms with E-state index in [2.05, 4.69) is 68.4 Å². The molecule has 0 aliphatic heterocycles. The minimum atomic E-state index is -0.0959. The number of nitrogens with zero attached hydrogens (tertiary/aromatic N) is 3. The Hall–Kier alpha value is -2.85. The quantitative estimate of drug-likeness (QED) is 0.440. The van der Waals surface area contributed by atoms with Crippen LogP contribution in [-0.4, -0.2) is 14.6 Å². The lowest BCUT2D eigenvalue weighted by Crippen LogP contribution is -2.16. The standard InChI is InChI=1S/C23H23ClN4/c1-15-8-10-16(11-9-15)19-14-25-28-21(26-18-7-5-6-17(24)12-18)13-20(23(2,3)4)27-22(19)28/h5-14,26H,1-4H3. The van der Waals surface area contributed by atoms with Crippen LogP contribution in [0.1, 0.15) is 32.0 Å². The monoisotopic (exact) mass is 390 g/mol. The molecular formula is C23H23ClN4. The Morgan fingerprint density at radius 3 is 2.43 bits per heavy atom. The maximum absolute atomic E-state index is 6.16. The zero-order chi connectivity index (χ0) is 19.9. The predicted octanol–water partition coefficient (Wildman–Crippen LogP) is 6.40. The Morgan fingerprint density at radius 2 is 1.75 bits per heavy atom. The Bertz CT molecular complexity index is 1140. The Kier molecular flexibility index (Phi) is 4.60. The molecule has 0 bridgehead atoms. The molecule has 28 heavy (non-hydrogen) atoms. The van der Waals surface area contributed by atoms with Crippen molar-refractivity contribution in [1.29, 1.82) is 0 Å². The van der Waals surface area contributed by atoms with Gasteiger partial charge in [0.25, 0.3) is 0 Å². The number of anilines is 2. The van der Waals surface area contributed by atoms with Crippen molar-refractivity contribution in [3.63, 3.8) is 0 Å². The van der Waals surface area contributed by atoms with E-state index < -0.39 is 0 Å². The van der Waals surface area contributed by atoms with Crippen molar-refractivity contribution in [2.45, 2.75) is 33.1 Å². The van der Waals surface area contributed by atoms with Gasteiger partial charge in [-0.3, -0.25) is 0 Å². The normalized spacial score (nSPS) is 11.8. The average molecular weight is 391 g/mol. The zero-order valence-electron chi connectivity index (χ0n) is 16.5. The molecule has 1 N–H and O–H groups in total. The van der Waals surface area contributed by atoms with Crippen molar-refractivity contribution in [3.05, 3.63) is 77.1 Å². The van der Waals surface area contributed by atoms with Crippen LogP contribution < -0.4 is 5.32 Å². The second-order valence-corrected chi connectivity index (χ2v) is 8.51. The molecule has 5 heteroatoms. The number of fused-ring (bicyclic) bond motifs is 1. The van der Waals surface area contributed by atoms with E-state index in [0.29, 0.717) is 5.02 Å². The van der Waals surface area contributed by atoms with E-state index >= 15 is 0 Å². The van der Waals surface area contributed by atoms with Gasteiger partial charge in [0, 0.05) is 27.8 Å². The molecule has 0 radical (unpaired) electrons. The molecule has 4 nitrogen and oxygen atoms in total. The summed E-state index contributed by atoms with van der Waals surface area (Å²) in [6.07, 6.45) is 1.88. The fourth-order valence-corrected chi connectivity index (χ4v) is 3.28. The van der Waals surface area contributed by atoms with E-state index in [4.69, 9.17) is 16.6 Å². The van der Waals surface area contributed by atoms with Crippen molar-refractivity contribution in [2.24, 2.45) is 0 Å². The minimum Gasteiger partial charge on any atom is -0.340 e. The van der Waals surface area contributed by atoms with Gasteiger partial charge in [0.15, 0.2) is 5.65 Å². The smallest absolute Gasteiger partial charge is 0.165 e. The minimum absolute atomic E-state index is 0.0959. The molecule has 0 aliphatic carbocycles. The van der Waals surface area contributed by atoms with E-state index in [-0.39, 0.29) is 5.41 Å². The van der Waals surface area contributed by atoms with Crippen molar-refractivity contribution in [2.75, 3.05) is 5.32 Å². The highest BCUT2D eigenvalue weighted by Gasteiger charge is 2.20. The van der Waals surface area contributed by atoms with Crippen LogP contribution in [0.3, 0.4) is 0 Å². The van der Waals surface area contributed by atoms with E-state index in [0.717, 1.165) is 34.0 Å². The zero-order valence-corrected chi connectivity index (χ0v) is 17.2. The maximum Gasteiger partial charge on any atom is 0.165 e. The average Bonchev–Trinajstić information content (AvgIpc) is 3.06. The molecule has 4 aromatic rings. The van der Waals surface area contributed by atoms with Gasteiger partial charge in [-0.2, -0.15) is 9.61 Å². The SMILES string of the molecule is Cc1ccc(-c2cnn3c(Nc4cccc(Cl)c4)cc(C(C)(C)C)nc23)cc1. The van der Waals surface area contributed by atoms with Crippen LogP contribution in [0.2, 0.25) is 5.02 Å². The molecule has 0 fully saturated rings. The van der Waals surface area contributed by atoms with Crippen LogP contribution in [0, 0.1) is 6.92 Å². The van der Waals surface area contributed by atoms with E-state index in [1.54, 1.807) is 0 Å². The topological polar surface area (TPSA) is 42.2 Å². The summed E-state index contributed by atoms with van der Waals surface area (Å²) >= 11 is 6.16. The molecule has 0 saturated heterocycles. The lowest BCUT2D eigenvalue weighted by atomic mass is 9.92. The Labute approximate surface area is 170 Å². The fraction of sp³-hybridized carbons (Fsp3) is 0.217. The van der Waals surface area contributed by atoms with Gasteiger partial charge in [0.1, 0.15) is 5.82 Å². The summed E-state index contributed by atoms with van der Waals surface area (Å²) in [7, 11) is 0. The van der Waals surface area contributed by atoms with Crippen LogP contribution in [0.25, 0.3) is 16.8 Å². The summed E-state index contributed by atoms with van der Waals surface area (Å²) in [6.45, 7) is 8.58. The number of halogens is 1. The van der Waals surface area contributed by atoms with E-state index in [1.807, 2.05) is 35.0 Å². The number of nitrogens with one attached hydrogen (secondary N) is 1. The van der Waals surface area contributed by atoms with Gasteiger partial charge in [0.2, 0.25) is 0 Å². The number of aryl methyl sites for hydroxylation is 1. The van der Waals surface area contributed by atoms with Gasteiger partial charge in [-0.1, -0.05) is 68.3 Å². The molecule has 0 amide bonds. The van der Waals surface area contributed by atoms with Gasteiger partial charge in [-0.25, -0.2) is 4.98 Å². The Morgan fingerprint density at radius 1 is 1.00 bits per heavy atom. The Balaban J connectivity index is 1.90. The second kappa shape index (κ2) is 6.95. The highest BCUT2D eigenvalue weighted by Crippen LogP contribution is 2.31. The van der Waals surface area contributed by atoms with Crippen LogP contribution in [-0.2, 0) is 5.41 Å². The van der Waals surface area contributed by atoms with Crippen LogP contribution in [0.4, 0.5) is 11.5 Å². The molecule has 0 unspecified atom stereocenters. The summed E-state index contributed by atoms with van der Waals surface area (Å²) in [4.78, 5) is 4.96. The number of hydrogen-bond acceptors (Lipinski definition) is 3. The first-order valence-electron chi connectivity index (χ1n) is 9.30. The summed E-state index contributed by atoms with van der Waals surface area (Å²) in [5.41, 5.74) is 5.99. The molecule has 2 aromatic heterocycles. The largest absolute Gasteiger partial charge is 0.340 e. The van der Waals surface area contributed by atoms with Gasteiger partial charge < -0.3 is 5.32 Å². The molecule has 0 aliphatic rings. The van der Waals surface area contributed by atoms with Crippen molar-refractivity contribution >= 4 is 28.8 Å². The van der Waals surface area contributed by atoms with Crippen molar-refractivity contribution in [3.8, 4) is 11.1 Å². The third kappa shape index (κ3) is 3.60. The fourth-order valence-electron chi connectivity index (χ4n) is 3.09. The molecular weight excluding hydrogens is 368 g/mol. The number of rotatable bonds is 3. The second-order valence-electron chi connectivity index (χ2n) is 8.07. The van der Waals surface area contributed by atoms with E-state index in [1.165, 1.54) is 5.56 Å². The predicted molar refractivity (Wildman–Crippen MR) is 117 cm³/mol. The molecule has 2 aromatic carbocycles. The summed E-state index contributed by atoms with van der Waals surface area (Å²) in [6, 6.07) is 18.2. The first-order valence-corrected chi connectivity index (χ1v) is 9.68. The van der Waals surface area contributed by atoms with Crippen LogP contribution in [0.5, 0.6) is 0 Å². The third-order valence-electron chi connectivity index (χ3n) is 4.70. The molecule has 4 rings (SSSR count). The van der Waals surface area contributed by atoms with Gasteiger partial charge in [-0.15, -0.1) is 0 Å². The highest BCUT2D eigenvalue weighted by molar-refractivity contribution is 6.30. The summed E-state index contributed by atoms with van der Waals surface area (Å²) in [5.74, 6) is 0.857. The lowest BCUT2D eigenvalue weighted by molar-refractivity contribution is 0.569. The van der Waals surface area contributed by atoms with Gasteiger partial charge in [0.05, 0.1) is 11.9 Å². The van der Waals surface area contributed by atoms with Crippen molar-refractivity contribution < 1.29 is 0 Å². The van der Waals surface area contributed by atoms with Gasteiger partial charge in [-0.05, 0) is 30.7 Å². The number of aromatic nitrogens is 3. The first kappa shape index (κ1) is 18.5. The maximum atomic E-state index is 6.16. The molecule has 2 heterocycles.